The molecule has 4 heteroatoms. The van der Waals surface area contributed by atoms with Gasteiger partial charge in [-0.3, -0.25) is 0 Å². The Morgan fingerprint density at radius 1 is 1.50 bits per heavy atom. The van der Waals surface area contributed by atoms with Gasteiger partial charge in [0.05, 0.1) is 12.3 Å². The minimum atomic E-state index is 0.145. The van der Waals surface area contributed by atoms with Crippen molar-refractivity contribution in [2.75, 3.05) is 0 Å². The van der Waals surface area contributed by atoms with E-state index < -0.39 is 0 Å². The van der Waals surface area contributed by atoms with E-state index in [-0.39, 0.29) is 12.1 Å². The Kier molecular flexibility index (Phi) is 2.17. The summed E-state index contributed by atoms with van der Waals surface area (Å²) in [6.45, 7) is 0. The summed E-state index contributed by atoms with van der Waals surface area (Å²) < 4.78 is 17.4. The second-order valence-corrected chi connectivity index (χ2v) is 3.30. The molecular weight excluding hydrogens is 177 g/mol. The second-order valence-electron chi connectivity index (χ2n) is 2.73. The molecule has 1 fully saturated rings. The number of rotatable bonds is 3. The van der Waals surface area contributed by atoms with Gasteiger partial charge < -0.3 is 4.74 Å². The topological polar surface area (TPSA) is 22.1 Å². The lowest BCUT2D eigenvalue weighted by Gasteiger charge is -2.02. The summed E-state index contributed by atoms with van der Waals surface area (Å²) in [6.07, 6.45) is 4.18. The summed E-state index contributed by atoms with van der Waals surface area (Å²) in [4.78, 5) is 3.84. The first-order valence-corrected chi connectivity index (χ1v) is 4.51. The molecule has 0 bridgehead atoms. The van der Waals surface area contributed by atoms with Crippen LogP contribution in [0.4, 0.5) is 3.89 Å². The van der Waals surface area contributed by atoms with Crippen molar-refractivity contribution in [3.63, 3.8) is 0 Å². The van der Waals surface area contributed by atoms with Gasteiger partial charge in [0.15, 0.2) is 0 Å². The minimum absolute atomic E-state index is 0.145. The van der Waals surface area contributed by atoms with E-state index in [1.165, 1.54) is 0 Å². The van der Waals surface area contributed by atoms with Crippen LogP contribution in [0.15, 0.2) is 23.4 Å². The van der Waals surface area contributed by atoms with Crippen molar-refractivity contribution in [1.29, 1.82) is 0 Å². The van der Waals surface area contributed by atoms with E-state index in [2.05, 4.69) is 4.98 Å². The molecule has 2 nitrogen and oxygen atoms in total. The molecule has 0 aliphatic heterocycles. The van der Waals surface area contributed by atoms with Crippen LogP contribution in [0.2, 0.25) is 0 Å². The minimum Gasteiger partial charge on any atom is -0.489 e. The van der Waals surface area contributed by atoms with Gasteiger partial charge >= 0.3 is 0 Å². The molecule has 0 radical (unpaired) electrons. The van der Waals surface area contributed by atoms with E-state index in [1.807, 2.05) is 0 Å². The SMILES string of the molecule is FSc1ccc(OC2CC2)cn1. The van der Waals surface area contributed by atoms with E-state index >= 15 is 0 Å². The molecule has 1 heterocycles. The fraction of sp³-hybridized carbons (Fsp3) is 0.375. The summed E-state index contributed by atoms with van der Waals surface area (Å²) in [7, 11) is 0. The van der Waals surface area contributed by atoms with Crippen LogP contribution in [0.1, 0.15) is 12.8 Å². The van der Waals surface area contributed by atoms with Crippen molar-refractivity contribution in [2.45, 2.75) is 24.0 Å². The molecule has 1 aromatic rings. The highest BCUT2D eigenvalue weighted by atomic mass is 32.2. The van der Waals surface area contributed by atoms with E-state index in [4.69, 9.17) is 4.74 Å². The molecule has 0 spiro atoms. The fourth-order valence-electron chi connectivity index (χ4n) is 0.860. The molecule has 1 saturated carbocycles. The normalized spacial score (nSPS) is 16.1. The number of hydrogen-bond donors (Lipinski definition) is 0. The van der Waals surface area contributed by atoms with Crippen LogP contribution in [0.3, 0.4) is 0 Å². The van der Waals surface area contributed by atoms with Gasteiger partial charge in [0, 0.05) is 0 Å². The van der Waals surface area contributed by atoms with Crippen LogP contribution < -0.4 is 4.74 Å². The number of nitrogens with zero attached hydrogens (tertiary/aromatic N) is 1. The zero-order chi connectivity index (χ0) is 8.39. The molecule has 2 rings (SSSR count). The first kappa shape index (κ1) is 7.86. The Morgan fingerprint density at radius 3 is 2.83 bits per heavy atom. The fourth-order valence-corrected chi connectivity index (χ4v) is 1.07. The Balaban J connectivity index is 2.02. The maximum Gasteiger partial charge on any atom is 0.138 e. The highest BCUT2D eigenvalue weighted by Crippen LogP contribution is 2.27. The number of aromatic nitrogens is 1. The highest BCUT2D eigenvalue weighted by Gasteiger charge is 2.23. The highest BCUT2D eigenvalue weighted by molar-refractivity contribution is 7.94. The van der Waals surface area contributed by atoms with Gasteiger partial charge in [-0.2, -0.15) is 3.89 Å². The van der Waals surface area contributed by atoms with E-state index in [0.29, 0.717) is 11.1 Å². The van der Waals surface area contributed by atoms with Gasteiger partial charge in [0.2, 0.25) is 0 Å². The third kappa shape index (κ3) is 1.88. The standard InChI is InChI=1S/C8H8FNOS/c9-12-8-4-3-7(5-10-8)11-6-1-2-6/h3-6H,1-2H2. The van der Waals surface area contributed by atoms with Crippen LogP contribution in [-0.2, 0) is 0 Å². The monoisotopic (exact) mass is 185 g/mol. The van der Waals surface area contributed by atoms with Crippen LogP contribution in [0.25, 0.3) is 0 Å². The van der Waals surface area contributed by atoms with Gasteiger partial charge in [-0.1, -0.05) is 0 Å². The van der Waals surface area contributed by atoms with Crippen LogP contribution in [-0.4, -0.2) is 11.1 Å². The zero-order valence-electron chi connectivity index (χ0n) is 6.37. The molecule has 64 valence electrons. The lowest BCUT2D eigenvalue weighted by Crippen LogP contribution is -1.95. The number of pyridine rings is 1. The van der Waals surface area contributed by atoms with E-state index in [0.717, 1.165) is 18.6 Å². The summed E-state index contributed by atoms with van der Waals surface area (Å²) in [5.74, 6) is 0.732. The summed E-state index contributed by atoms with van der Waals surface area (Å²) >= 11 is 0.145. The maximum atomic E-state index is 11.9. The van der Waals surface area contributed by atoms with Crippen molar-refractivity contribution >= 4 is 12.1 Å². The predicted molar refractivity (Wildman–Crippen MR) is 44.9 cm³/mol. The summed E-state index contributed by atoms with van der Waals surface area (Å²) in [5.41, 5.74) is 0. The third-order valence-electron chi connectivity index (χ3n) is 1.62. The van der Waals surface area contributed by atoms with Gasteiger partial charge in [0.25, 0.3) is 0 Å². The van der Waals surface area contributed by atoms with E-state index in [9.17, 15) is 3.89 Å². The number of halogens is 1. The van der Waals surface area contributed by atoms with Crippen molar-refractivity contribution in [3.8, 4) is 5.75 Å². The molecule has 0 unspecified atom stereocenters. The molecular formula is C8H8FNOS. The average molecular weight is 185 g/mol. The van der Waals surface area contributed by atoms with Gasteiger partial charge in [-0.05, 0) is 25.0 Å². The lowest BCUT2D eigenvalue weighted by molar-refractivity contribution is 0.301. The summed E-state index contributed by atoms with van der Waals surface area (Å²) in [6, 6.07) is 3.36. The Hall–Kier alpha value is -0.770. The Morgan fingerprint density at radius 2 is 2.33 bits per heavy atom. The number of hydrogen-bond acceptors (Lipinski definition) is 3. The maximum absolute atomic E-state index is 11.9. The molecule has 1 aliphatic rings. The largest absolute Gasteiger partial charge is 0.489 e. The first-order chi connectivity index (χ1) is 5.88. The van der Waals surface area contributed by atoms with Crippen molar-refractivity contribution in [3.05, 3.63) is 18.3 Å². The quantitative estimate of drug-likeness (QED) is 0.722. The van der Waals surface area contributed by atoms with Gasteiger partial charge in [0.1, 0.15) is 22.9 Å². The molecule has 1 aromatic heterocycles. The first-order valence-electron chi connectivity index (χ1n) is 3.80. The average Bonchev–Trinajstić information content (AvgIpc) is 2.90. The van der Waals surface area contributed by atoms with Crippen LogP contribution >= 0.6 is 12.1 Å². The molecule has 0 aromatic carbocycles. The predicted octanol–water partition coefficient (Wildman–Crippen LogP) is 2.60. The smallest absolute Gasteiger partial charge is 0.138 e. The third-order valence-corrected chi connectivity index (χ3v) is 2.01. The second kappa shape index (κ2) is 3.31. The van der Waals surface area contributed by atoms with Crippen LogP contribution in [0, 0.1) is 0 Å². The molecule has 1 aliphatic carbocycles. The Labute approximate surface area is 74.4 Å². The van der Waals surface area contributed by atoms with Crippen molar-refractivity contribution in [1.82, 2.24) is 4.98 Å². The van der Waals surface area contributed by atoms with Crippen LogP contribution in [0.5, 0.6) is 5.75 Å². The van der Waals surface area contributed by atoms with Crippen molar-refractivity contribution in [2.24, 2.45) is 0 Å². The summed E-state index contributed by atoms with van der Waals surface area (Å²) in [5, 5.41) is 0.373. The molecule has 0 saturated heterocycles. The van der Waals surface area contributed by atoms with Gasteiger partial charge in [-0.25, -0.2) is 4.98 Å². The zero-order valence-corrected chi connectivity index (χ0v) is 7.18. The molecule has 0 N–H and O–H groups in total. The lowest BCUT2D eigenvalue weighted by atomic mass is 10.5. The van der Waals surface area contributed by atoms with Crippen molar-refractivity contribution < 1.29 is 8.62 Å². The number of ether oxygens (including phenoxy) is 1. The van der Waals surface area contributed by atoms with E-state index in [1.54, 1.807) is 18.3 Å². The molecule has 0 amide bonds. The molecule has 12 heavy (non-hydrogen) atoms. The molecule has 0 atom stereocenters. The Bertz CT molecular complexity index is 260. The van der Waals surface area contributed by atoms with Gasteiger partial charge in [-0.15, -0.1) is 0 Å².